The third-order valence-electron chi connectivity index (χ3n) is 4.77. The Labute approximate surface area is 147 Å². The van der Waals surface area contributed by atoms with E-state index in [0.717, 1.165) is 50.3 Å². The van der Waals surface area contributed by atoms with Gasteiger partial charge in [0.15, 0.2) is 0 Å². The SMILES string of the molecule is c1cncc([C@H](CNCc2cccc3cn[nH]c23)N2CCOCC2)c1. The van der Waals surface area contributed by atoms with Crippen LogP contribution in [0.25, 0.3) is 10.9 Å². The van der Waals surface area contributed by atoms with Gasteiger partial charge in [-0.15, -0.1) is 0 Å². The summed E-state index contributed by atoms with van der Waals surface area (Å²) in [5.74, 6) is 0. The van der Waals surface area contributed by atoms with E-state index in [2.05, 4.69) is 49.7 Å². The number of aromatic amines is 1. The number of benzene rings is 1. The number of nitrogens with one attached hydrogen (secondary N) is 2. The van der Waals surface area contributed by atoms with Gasteiger partial charge in [0.1, 0.15) is 0 Å². The molecule has 1 aliphatic rings. The van der Waals surface area contributed by atoms with E-state index in [1.165, 1.54) is 11.1 Å². The van der Waals surface area contributed by atoms with E-state index in [9.17, 15) is 0 Å². The Kier molecular flexibility index (Phi) is 5.01. The molecule has 0 radical (unpaired) electrons. The molecule has 0 saturated carbocycles. The van der Waals surface area contributed by atoms with Crippen molar-refractivity contribution in [1.82, 2.24) is 25.4 Å². The summed E-state index contributed by atoms with van der Waals surface area (Å²) in [6.45, 7) is 5.18. The van der Waals surface area contributed by atoms with Crippen LogP contribution in [0.4, 0.5) is 0 Å². The van der Waals surface area contributed by atoms with Gasteiger partial charge < -0.3 is 10.1 Å². The second-order valence-corrected chi connectivity index (χ2v) is 6.33. The van der Waals surface area contributed by atoms with Gasteiger partial charge in [-0.1, -0.05) is 24.3 Å². The Morgan fingerprint density at radius 3 is 2.92 bits per heavy atom. The number of morpholine rings is 1. The summed E-state index contributed by atoms with van der Waals surface area (Å²) in [7, 11) is 0. The Hall–Kier alpha value is -2.28. The van der Waals surface area contributed by atoms with Gasteiger partial charge in [-0.2, -0.15) is 5.10 Å². The molecule has 130 valence electrons. The second kappa shape index (κ2) is 7.74. The molecule has 6 heteroatoms. The van der Waals surface area contributed by atoms with Crippen molar-refractivity contribution in [3.8, 4) is 0 Å². The van der Waals surface area contributed by atoms with Crippen molar-refractivity contribution < 1.29 is 4.74 Å². The monoisotopic (exact) mass is 337 g/mol. The van der Waals surface area contributed by atoms with Gasteiger partial charge in [0, 0.05) is 50.0 Å². The standard InChI is InChI=1S/C19H23N5O/c1-3-16(19-17(4-1)13-22-23-19)12-21-14-18(15-5-2-6-20-11-15)24-7-9-25-10-8-24/h1-6,11,13,18,21H,7-10,12,14H2,(H,22,23)/t18-/m0/s1. The van der Waals surface area contributed by atoms with Gasteiger partial charge in [0.05, 0.1) is 24.9 Å². The van der Waals surface area contributed by atoms with Crippen LogP contribution in [0.15, 0.2) is 48.9 Å². The molecule has 1 saturated heterocycles. The van der Waals surface area contributed by atoms with E-state index in [-0.39, 0.29) is 0 Å². The van der Waals surface area contributed by atoms with Crippen LogP contribution in [0.1, 0.15) is 17.2 Å². The summed E-state index contributed by atoms with van der Waals surface area (Å²) in [5.41, 5.74) is 3.60. The minimum Gasteiger partial charge on any atom is -0.379 e. The van der Waals surface area contributed by atoms with E-state index >= 15 is 0 Å². The number of aromatic nitrogens is 3. The molecule has 25 heavy (non-hydrogen) atoms. The molecular formula is C19H23N5O. The minimum absolute atomic E-state index is 0.304. The molecule has 3 heterocycles. The number of hydrogen-bond acceptors (Lipinski definition) is 5. The number of fused-ring (bicyclic) bond motifs is 1. The summed E-state index contributed by atoms with van der Waals surface area (Å²) < 4.78 is 5.51. The smallest absolute Gasteiger partial charge is 0.0695 e. The van der Waals surface area contributed by atoms with Gasteiger partial charge in [0.25, 0.3) is 0 Å². The highest BCUT2D eigenvalue weighted by atomic mass is 16.5. The number of ether oxygens (including phenoxy) is 1. The largest absolute Gasteiger partial charge is 0.379 e. The lowest BCUT2D eigenvalue weighted by Gasteiger charge is -2.34. The van der Waals surface area contributed by atoms with E-state index in [0.29, 0.717) is 6.04 Å². The molecule has 0 amide bonds. The van der Waals surface area contributed by atoms with Gasteiger partial charge in [-0.25, -0.2) is 0 Å². The molecule has 2 aromatic heterocycles. The Bertz CT molecular complexity index is 798. The van der Waals surface area contributed by atoms with Crippen LogP contribution in [-0.2, 0) is 11.3 Å². The fourth-order valence-electron chi connectivity index (χ4n) is 3.44. The van der Waals surface area contributed by atoms with Crippen LogP contribution >= 0.6 is 0 Å². The number of para-hydroxylation sites is 1. The van der Waals surface area contributed by atoms with Gasteiger partial charge in [-0.05, 0) is 17.2 Å². The number of rotatable bonds is 6. The van der Waals surface area contributed by atoms with Crippen LogP contribution in [0.3, 0.4) is 0 Å². The average molecular weight is 337 g/mol. The van der Waals surface area contributed by atoms with Crippen molar-refractivity contribution in [3.63, 3.8) is 0 Å². The second-order valence-electron chi connectivity index (χ2n) is 6.33. The fraction of sp³-hybridized carbons (Fsp3) is 0.368. The third-order valence-corrected chi connectivity index (χ3v) is 4.77. The first-order valence-corrected chi connectivity index (χ1v) is 8.75. The number of H-pyrrole nitrogens is 1. The van der Waals surface area contributed by atoms with Crippen molar-refractivity contribution in [1.29, 1.82) is 0 Å². The van der Waals surface area contributed by atoms with Crippen LogP contribution in [0.5, 0.6) is 0 Å². The summed E-state index contributed by atoms with van der Waals surface area (Å²) in [6.07, 6.45) is 5.66. The maximum Gasteiger partial charge on any atom is 0.0695 e. The molecule has 1 atom stereocenters. The van der Waals surface area contributed by atoms with Crippen LogP contribution in [0, 0.1) is 0 Å². The quantitative estimate of drug-likeness (QED) is 0.721. The van der Waals surface area contributed by atoms with E-state index in [1.54, 1.807) is 0 Å². The van der Waals surface area contributed by atoms with Gasteiger partial charge in [0.2, 0.25) is 0 Å². The first-order valence-electron chi connectivity index (χ1n) is 8.75. The summed E-state index contributed by atoms with van der Waals surface area (Å²) >= 11 is 0. The zero-order chi connectivity index (χ0) is 16.9. The molecular weight excluding hydrogens is 314 g/mol. The average Bonchev–Trinajstić information content (AvgIpc) is 3.16. The van der Waals surface area contributed by atoms with Crippen molar-refractivity contribution >= 4 is 10.9 Å². The number of hydrogen-bond donors (Lipinski definition) is 2. The molecule has 0 bridgehead atoms. The molecule has 0 spiro atoms. The summed E-state index contributed by atoms with van der Waals surface area (Å²) in [4.78, 5) is 6.78. The van der Waals surface area contributed by atoms with Gasteiger partial charge in [-0.3, -0.25) is 15.0 Å². The van der Waals surface area contributed by atoms with Crippen LogP contribution in [0.2, 0.25) is 0 Å². The summed E-state index contributed by atoms with van der Waals surface area (Å²) in [5, 5.41) is 12.0. The van der Waals surface area contributed by atoms with Gasteiger partial charge >= 0.3 is 0 Å². The lowest BCUT2D eigenvalue weighted by molar-refractivity contribution is 0.0160. The lowest BCUT2D eigenvalue weighted by Crippen LogP contribution is -2.42. The van der Waals surface area contributed by atoms with Crippen molar-refractivity contribution in [2.24, 2.45) is 0 Å². The summed E-state index contributed by atoms with van der Waals surface area (Å²) in [6, 6.07) is 10.8. The molecule has 1 aliphatic heterocycles. The van der Waals surface area contributed by atoms with E-state index in [1.807, 2.05) is 24.7 Å². The van der Waals surface area contributed by atoms with E-state index < -0.39 is 0 Å². The topological polar surface area (TPSA) is 66.1 Å². The zero-order valence-electron chi connectivity index (χ0n) is 14.2. The molecule has 0 unspecified atom stereocenters. The third kappa shape index (κ3) is 3.71. The van der Waals surface area contributed by atoms with E-state index in [4.69, 9.17) is 4.74 Å². The highest BCUT2D eigenvalue weighted by Gasteiger charge is 2.22. The zero-order valence-corrected chi connectivity index (χ0v) is 14.2. The molecule has 6 nitrogen and oxygen atoms in total. The maximum atomic E-state index is 5.51. The Morgan fingerprint density at radius 1 is 1.16 bits per heavy atom. The van der Waals surface area contributed by atoms with Crippen molar-refractivity contribution in [2.45, 2.75) is 12.6 Å². The van der Waals surface area contributed by atoms with Crippen LogP contribution < -0.4 is 5.32 Å². The number of nitrogens with zero attached hydrogens (tertiary/aromatic N) is 3. The molecule has 1 aromatic carbocycles. The molecule has 0 aliphatic carbocycles. The Morgan fingerprint density at radius 2 is 2.08 bits per heavy atom. The highest BCUT2D eigenvalue weighted by Crippen LogP contribution is 2.21. The Balaban J connectivity index is 1.46. The van der Waals surface area contributed by atoms with Crippen molar-refractivity contribution in [2.75, 3.05) is 32.8 Å². The van der Waals surface area contributed by atoms with Crippen LogP contribution in [-0.4, -0.2) is 52.9 Å². The minimum atomic E-state index is 0.304. The first kappa shape index (κ1) is 16.2. The molecule has 4 rings (SSSR count). The fourth-order valence-corrected chi connectivity index (χ4v) is 3.44. The predicted molar refractivity (Wildman–Crippen MR) is 97.2 cm³/mol. The lowest BCUT2D eigenvalue weighted by atomic mass is 10.1. The normalized spacial score (nSPS) is 17.0. The molecule has 3 aromatic rings. The molecule has 1 fully saturated rings. The van der Waals surface area contributed by atoms with Crippen molar-refractivity contribution in [3.05, 3.63) is 60.0 Å². The predicted octanol–water partition coefficient (Wildman–Crippen LogP) is 2.12. The highest BCUT2D eigenvalue weighted by molar-refractivity contribution is 5.81. The molecule has 2 N–H and O–H groups in total. The maximum absolute atomic E-state index is 5.51. The number of pyridine rings is 1. The first-order chi connectivity index (χ1) is 12.4.